The number of rotatable bonds is 0. The molecule has 1 rings (SSSR count). The first-order valence-electron chi connectivity index (χ1n) is 6.22. The van der Waals surface area contributed by atoms with Gasteiger partial charge in [0.05, 0.1) is 0 Å². The average Bonchev–Trinajstić information content (AvgIpc) is 2.27. The number of likely N-dealkylation sites (tertiary alicyclic amines) is 1. The number of carbonyl (C=O) groups is 3. The number of aliphatic carboxylic acids is 2. The molecule has 1 saturated heterocycles. The summed E-state index contributed by atoms with van der Waals surface area (Å²) >= 11 is 0. The molecule has 116 valence electrons. The Kier molecular flexibility index (Phi) is 6.98. The van der Waals surface area contributed by atoms with E-state index in [1.54, 1.807) is 4.90 Å². The van der Waals surface area contributed by atoms with Gasteiger partial charge in [0.2, 0.25) is 0 Å². The minimum Gasteiger partial charge on any atom is -0.473 e. The number of nitrogens with zero attached hydrogens (tertiary/aromatic N) is 1. The molecular formula is C12H22N2O6. The molecule has 1 unspecified atom stereocenters. The monoisotopic (exact) mass is 290 g/mol. The van der Waals surface area contributed by atoms with Crippen molar-refractivity contribution in [3.05, 3.63) is 0 Å². The summed E-state index contributed by atoms with van der Waals surface area (Å²) in [7, 11) is 0. The Morgan fingerprint density at radius 1 is 1.20 bits per heavy atom. The van der Waals surface area contributed by atoms with Gasteiger partial charge in [-0.3, -0.25) is 0 Å². The van der Waals surface area contributed by atoms with Gasteiger partial charge in [0.15, 0.2) is 0 Å². The highest BCUT2D eigenvalue weighted by Gasteiger charge is 2.25. The van der Waals surface area contributed by atoms with Crippen LogP contribution in [0, 0.1) is 0 Å². The maximum absolute atomic E-state index is 11.6. The normalized spacial score (nSPS) is 18.6. The summed E-state index contributed by atoms with van der Waals surface area (Å²) in [5, 5.41) is 14.8. The van der Waals surface area contributed by atoms with Crippen LogP contribution in [0.3, 0.4) is 0 Å². The van der Waals surface area contributed by atoms with Gasteiger partial charge in [-0.25, -0.2) is 14.4 Å². The van der Waals surface area contributed by atoms with E-state index in [2.05, 4.69) is 0 Å². The second-order valence-electron chi connectivity index (χ2n) is 5.44. The van der Waals surface area contributed by atoms with E-state index >= 15 is 0 Å². The van der Waals surface area contributed by atoms with Gasteiger partial charge >= 0.3 is 18.0 Å². The number of nitrogens with two attached hydrogens (primary N) is 1. The maximum atomic E-state index is 11.6. The topological polar surface area (TPSA) is 130 Å². The molecule has 8 nitrogen and oxygen atoms in total. The van der Waals surface area contributed by atoms with E-state index in [4.69, 9.17) is 30.3 Å². The molecule has 0 aromatic carbocycles. The van der Waals surface area contributed by atoms with Gasteiger partial charge in [-0.2, -0.15) is 0 Å². The zero-order valence-electron chi connectivity index (χ0n) is 12.0. The van der Waals surface area contributed by atoms with Crippen molar-refractivity contribution in [2.24, 2.45) is 5.73 Å². The lowest BCUT2D eigenvalue weighted by atomic mass is 10.1. The molecule has 0 spiro atoms. The predicted molar refractivity (Wildman–Crippen MR) is 70.3 cm³/mol. The van der Waals surface area contributed by atoms with Crippen molar-refractivity contribution in [2.45, 2.75) is 45.3 Å². The van der Waals surface area contributed by atoms with Crippen LogP contribution in [0.1, 0.15) is 33.6 Å². The summed E-state index contributed by atoms with van der Waals surface area (Å²) in [5.74, 6) is -3.65. The fourth-order valence-electron chi connectivity index (χ4n) is 1.50. The number of carboxylic acids is 2. The molecule has 1 aliphatic heterocycles. The predicted octanol–water partition coefficient (Wildman–Crippen LogP) is 0.500. The van der Waals surface area contributed by atoms with Crippen LogP contribution in [0.2, 0.25) is 0 Å². The Hall–Kier alpha value is -1.83. The third kappa shape index (κ3) is 8.30. The molecule has 1 amide bonds. The lowest BCUT2D eigenvalue weighted by Gasteiger charge is -2.32. The molecule has 1 aliphatic rings. The minimum absolute atomic E-state index is 0.108. The molecule has 1 atom stereocenters. The van der Waals surface area contributed by atoms with Gasteiger partial charge in [0.25, 0.3) is 0 Å². The van der Waals surface area contributed by atoms with E-state index in [1.165, 1.54) is 0 Å². The van der Waals surface area contributed by atoms with E-state index in [9.17, 15) is 4.79 Å². The van der Waals surface area contributed by atoms with Crippen LogP contribution in [-0.2, 0) is 14.3 Å². The molecule has 0 aliphatic carbocycles. The third-order valence-electron chi connectivity index (χ3n) is 2.29. The Labute approximate surface area is 117 Å². The maximum Gasteiger partial charge on any atom is 0.414 e. The first-order chi connectivity index (χ1) is 9.03. The molecule has 0 bridgehead atoms. The van der Waals surface area contributed by atoms with Crippen LogP contribution < -0.4 is 5.73 Å². The van der Waals surface area contributed by atoms with E-state index < -0.39 is 17.5 Å². The molecule has 20 heavy (non-hydrogen) atoms. The third-order valence-corrected chi connectivity index (χ3v) is 2.29. The van der Waals surface area contributed by atoms with Gasteiger partial charge in [-0.15, -0.1) is 0 Å². The molecular weight excluding hydrogens is 268 g/mol. The second kappa shape index (κ2) is 7.68. The molecule has 0 aromatic heterocycles. The fraction of sp³-hybridized carbons (Fsp3) is 0.750. The lowest BCUT2D eigenvalue weighted by molar-refractivity contribution is -0.159. The minimum atomic E-state index is -1.82. The Morgan fingerprint density at radius 2 is 1.70 bits per heavy atom. The van der Waals surface area contributed by atoms with Crippen molar-refractivity contribution in [3.63, 3.8) is 0 Å². The molecule has 0 saturated carbocycles. The highest BCUT2D eigenvalue weighted by Crippen LogP contribution is 2.14. The lowest BCUT2D eigenvalue weighted by Crippen LogP contribution is -2.47. The molecule has 1 heterocycles. The molecule has 1 fully saturated rings. The van der Waals surface area contributed by atoms with Gasteiger partial charge < -0.3 is 25.6 Å². The standard InChI is InChI=1S/C10H20N2O2.C2H2O4/c1-10(2,3)14-9(13)12-6-4-5-8(11)7-12;3-1(4)2(5)6/h8H,4-7,11H2,1-3H3;(H,3,4)(H,5,6). The Balaban J connectivity index is 0.000000511. The molecule has 4 N–H and O–H groups in total. The Morgan fingerprint density at radius 3 is 2.05 bits per heavy atom. The summed E-state index contributed by atoms with van der Waals surface area (Å²) < 4.78 is 5.26. The number of hydrogen-bond donors (Lipinski definition) is 3. The average molecular weight is 290 g/mol. The van der Waals surface area contributed by atoms with Gasteiger partial charge in [-0.1, -0.05) is 0 Å². The number of piperidine rings is 1. The van der Waals surface area contributed by atoms with Crippen molar-refractivity contribution >= 4 is 18.0 Å². The number of carbonyl (C=O) groups excluding carboxylic acids is 1. The number of ether oxygens (including phenoxy) is 1. The summed E-state index contributed by atoms with van der Waals surface area (Å²) in [4.78, 5) is 31.5. The number of hydrogen-bond acceptors (Lipinski definition) is 5. The first kappa shape index (κ1) is 18.2. The van der Waals surface area contributed by atoms with E-state index in [-0.39, 0.29) is 12.1 Å². The van der Waals surface area contributed by atoms with Gasteiger partial charge in [-0.05, 0) is 33.6 Å². The first-order valence-corrected chi connectivity index (χ1v) is 6.22. The molecule has 0 radical (unpaired) electrons. The van der Waals surface area contributed by atoms with Gasteiger partial charge in [0, 0.05) is 19.1 Å². The summed E-state index contributed by atoms with van der Waals surface area (Å²) in [6.07, 6.45) is 1.73. The van der Waals surface area contributed by atoms with Crippen LogP contribution in [-0.4, -0.2) is 57.9 Å². The fourth-order valence-corrected chi connectivity index (χ4v) is 1.50. The van der Waals surface area contributed by atoms with Crippen molar-refractivity contribution in [1.29, 1.82) is 0 Å². The smallest absolute Gasteiger partial charge is 0.414 e. The Bertz CT molecular complexity index is 351. The van der Waals surface area contributed by atoms with Crippen LogP contribution in [0.4, 0.5) is 4.79 Å². The number of carboxylic acid groups (broad SMARTS) is 2. The van der Waals surface area contributed by atoms with Crippen LogP contribution >= 0.6 is 0 Å². The van der Waals surface area contributed by atoms with Crippen molar-refractivity contribution < 1.29 is 29.3 Å². The number of amides is 1. The van der Waals surface area contributed by atoms with Gasteiger partial charge in [0.1, 0.15) is 5.60 Å². The van der Waals surface area contributed by atoms with Crippen LogP contribution in [0.5, 0.6) is 0 Å². The zero-order valence-corrected chi connectivity index (χ0v) is 12.0. The van der Waals surface area contributed by atoms with E-state index in [0.717, 1.165) is 19.4 Å². The molecule has 0 aromatic rings. The van der Waals surface area contributed by atoms with Crippen LogP contribution in [0.15, 0.2) is 0 Å². The van der Waals surface area contributed by atoms with E-state index in [0.29, 0.717) is 6.54 Å². The second-order valence-corrected chi connectivity index (χ2v) is 5.44. The summed E-state index contributed by atoms with van der Waals surface area (Å²) in [5.41, 5.74) is 5.36. The largest absolute Gasteiger partial charge is 0.473 e. The quantitative estimate of drug-likeness (QED) is 0.554. The van der Waals surface area contributed by atoms with Crippen molar-refractivity contribution in [1.82, 2.24) is 4.90 Å². The summed E-state index contributed by atoms with van der Waals surface area (Å²) in [6, 6.07) is 0.108. The highest BCUT2D eigenvalue weighted by atomic mass is 16.6. The zero-order chi connectivity index (χ0) is 15.9. The summed E-state index contributed by atoms with van der Waals surface area (Å²) in [6.45, 7) is 7.00. The van der Waals surface area contributed by atoms with E-state index in [1.807, 2.05) is 20.8 Å². The van der Waals surface area contributed by atoms with Crippen LogP contribution in [0.25, 0.3) is 0 Å². The van der Waals surface area contributed by atoms with Crippen molar-refractivity contribution in [2.75, 3.05) is 13.1 Å². The SMILES string of the molecule is CC(C)(C)OC(=O)N1CCCC(N)C1.O=C(O)C(=O)O. The molecule has 8 heteroatoms. The highest BCUT2D eigenvalue weighted by molar-refractivity contribution is 6.27. The van der Waals surface area contributed by atoms with Crippen molar-refractivity contribution in [3.8, 4) is 0 Å².